The zero-order valence-electron chi connectivity index (χ0n) is 20.8. The summed E-state index contributed by atoms with van der Waals surface area (Å²) in [6.07, 6.45) is 24.8. The van der Waals surface area contributed by atoms with Crippen LogP contribution in [0.15, 0.2) is 0 Å². The molecule has 2 fully saturated rings. The molecule has 0 aliphatic heterocycles. The molecule has 4 atom stereocenters. The molecule has 2 saturated carbocycles. The molecule has 2 aliphatic carbocycles. The van der Waals surface area contributed by atoms with Gasteiger partial charge in [-0.1, -0.05) is 110 Å². The predicted molar refractivity (Wildman–Crippen MR) is 156 cm³/mol. The van der Waals surface area contributed by atoms with Gasteiger partial charge in [0.25, 0.3) is 0 Å². The van der Waals surface area contributed by atoms with Crippen LogP contribution in [0.3, 0.4) is 0 Å². The summed E-state index contributed by atoms with van der Waals surface area (Å²) in [6, 6.07) is 0. The van der Waals surface area contributed by atoms with Gasteiger partial charge < -0.3 is 11.5 Å². The zero-order valence-corrected chi connectivity index (χ0v) is 25.1. The van der Waals surface area contributed by atoms with E-state index in [9.17, 15) is 0 Å². The Bertz CT molecular complexity index is 471. The van der Waals surface area contributed by atoms with Crippen molar-refractivity contribution in [2.45, 2.75) is 147 Å². The van der Waals surface area contributed by atoms with Crippen molar-refractivity contribution >= 4 is 45.2 Å². The Morgan fingerprint density at radius 2 is 0.968 bits per heavy atom. The number of halogens is 2. The Labute approximate surface area is 221 Å². The Hall–Kier alpha value is 1.38. The molecule has 0 amide bonds. The predicted octanol–water partition coefficient (Wildman–Crippen LogP) is 8.70. The molecule has 4 N–H and O–H groups in total. The van der Waals surface area contributed by atoms with Crippen molar-refractivity contribution in [2.75, 3.05) is 8.86 Å². The third kappa shape index (κ3) is 6.74. The quantitative estimate of drug-likeness (QED) is 0.145. The van der Waals surface area contributed by atoms with Gasteiger partial charge in [0.1, 0.15) is 0 Å². The van der Waals surface area contributed by atoms with Crippen molar-refractivity contribution in [1.29, 1.82) is 0 Å². The highest BCUT2D eigenvalue weighted by atomic mass is 127. The molecular weight excluding hydrogens is 606 g/mol. The molecule has 31 heavy (non-hydrogen) atoms. The molecule has 4 heteroatoms. The van der Waals surface area contributed by atoms with Crippen molar-refractivity contribution in [1.82, 2.24) is 0 Å². The van der Waals surface area contributed by atoms with E-state index in [0.717, 1.165) is 0 Å². The van der Waals surface area contributed by atoms with Crippen molar-refractivity contribution in [3.8, 4) is 0 Å². The van der Waals surface area contributed by atoms with E-state index in [2.05, 4.69) is 59.0 Å². The third-order valence-electron chi connectivity index (χ3n) is 9.38. The minimum absolute atomic E-state index is 0.0203. The van der Waals surface area contributed by atoms with Gasteiger partial charge in [-0.15, -0.1) is 0 Å². The normalized spacial score (nSPS) is 36.6. The van der Waals surface area contributed by atoms with Crippen LogP contribution in [-0.4, -0.2) is 19.9 Å². The maximum atomic E-state index is 7.51. The van der Waals surface area contributed by atoms with E-state index in [1.54, 1.807) is 0 Å². The Morgan fingerprint density at radius 3 is 1.32 bits per heavy atom. The highest BCUT2D eigenvalue weighted by molar-refractivity contribution is 14.1. The lowest BCUT2D eigenvalue weighted by atomic mass is 9.46. The van der Waals surface area contributed by atoms with Crippen molar-refractivity contribution in [3.63, 3.8) is 0 Å². The molecule has 0 heterocycles. The van der Waals surface area contributed by atoms with Crippen LogP contribution in [0.25, 0.3) is 0 Å². The van der Waals surface area contributed by atoms with E-state index in [1.807, 2.05) is 0 Å². The maximum Gasteiger partial charge on any atom is 0.0211 e. The molecule has 0 aromatic carbocycles. The van der Waals surface area contributed by atoms with E-state index in [1.165, 1.54) is 131 Å². The summed E-state index contributed by atoms with van der Waals surface area (Å²) in [5.41, 5.74) is 15.7. The van der Waals surface area contributed by atoms with Gasteiger partial charge in [-0.05, 0) is 90.3 Å². The Balaban J connectivity index is 2.48. The molecule has 0 aromatic rings. The standard InChI is InChI=1S/C27H52I2N2/c1-3-5-13-24(15-7-9-17-26(24,30)19-11-21-28)23-25(14-6-4-2)16-8-10-18-27(25,31)20-12-22-29/h3-23,30-31H2,1-2H3. The molecule has 2 nitrogen and oxygen atoms in total. The van der Waals surface area contributed by atoms with Crippen LogP contribution in [0.1, 0.15) is 136 Å². The van der Waals surface area contributed by atoms with E-state index in [-0.39, 0.29) is 11.1 Å². The van der Waals surface area contributed by atoms with Gasteiger partial charge in [0.15, 0.2) is 0 Å². The van der Waals surface area contributed by atoms with Crippen LogP contribution in [0.4, 0.5) is 0 Å². The Morgan fingerprint density at radius 1 is 0.581 bits per heavy atom. The fraction of sp³-hybridized carbons (Fsp3) is 1.00. The van der Waals surface area contributed by atoms with Crippen LogP contribution in [0.5, 0.6) is 0 Å². The van der Waals surface area contributed by atoms with Crippen LogP contribution in [-0.2, 0) is 0 Å². The van der Waals surface area contributed by atoms with E-state index in [0.29, 0.717) is 10.8 Å². The lowest BCUT2D eigenvalue weighted by Gasteiger charge is -2.61. The molecule has 0 spiro atoms. The van der Waals surface area contributed by atoms with Crippen molar-refractivity contribution < 1.29 is 0 Å². The van der Waals surface area contributed by atoms with Gasteiger partial charge in [-0.2, -0.15) is 0 Å². The maximum absolute atomic E-state index is 7.51. The Kier molecular flexibility index (Phi) is 12.4. The molecular formula is C27H52I2N2. The molecule has 2 aliphatic rings. The number of hydrogen-bond acceptors (Lipinski definition) is 2. The van der Waals surface area contributed by atoms with E-state index >= 15 is 0 Å². The van der Waals surface area contributed by atoms with Gasteiger partial charge in [-0.25, -0.2) is 0 Å². The lowest BCUT2D eigenvalue weighted by molar-refractivity contribution is -0.0637. The first-order valence-corrected chi connectivity index (χ1v) is 16.6. The van der Waals surface area contributed by atoms with Crippen LogP contribution in [0, 0.1) is 10.8 Å². The zero-order chi connectivity index (χ0) is 22.8. The first kappa shape index (κ1) is 28.6. The first-order valence-electron chi connectivity index (χ1n) is 13.6. The van der Waals surface area contributed by atoms with Gasteiger partial charge in [-0.3, -0.25) is 0 Å². The average molecular weight is 659 g/mol. The van der Waals surface area contributed by atoms with Crippen molar-refractivity contribution in [2.24, 2.45) is 22.3 Å². The highest BCUT2D eigenvalue weighted by Gasteiger charge is 2.57. The summed E-state index contributed by atoms with van der Waals surface area (Å²) < 4.78 is 2.47. The summed E-state index contributed by atoms with van der Waals surface area (Å²) in [5, 5.41) is 0. The number of alkyl halides is 2. The second-order valence-corrected chi connectivity index (χ2v) is 13.4. The average Bonchev–Trinajstić information content (AvgIpc) is 2.77. The van der Waals surface area contributed by atoms with Crippen LogP contribution < -0.4 is 11.5 Å². The summed E-state index contributed by atoms with van der Waals surface area (Å²) in [6.45, 7) is 4.72. The van der Waals surface area contributed by atoms with Crippen molar-refractivity contribution in [3.05, 3.63) is 0 Å². The number of nitrogens with two attached hydrogens (primary N) is 2. The van der Waals surface area contributed by atoms with Gasteiger partial charge in [0, 0.05) is 11.1 Å². The lowest BCUT2D eigenvalue weighted by Crippen LogP contribution is -2.64. The van der Waals surface area contributed by atoms with Crippen LogP contribution in [0.2, 0.25) is 0 Å². The molecule has 184 valence electrons. The first-order chi connectivity index (χ1) is 14.9. The van der Waals surface area contributed by atoms with Gasteiger partial charge in [0.2, 0.25) is 0 Å². The SMILES string of the molecule is CCCCC1(CC2(CCCC)CCCCC2(N)CCCI)CCCCC1(N)CCCI. The molecule has 0 bridgehead atoms. The monoisotopic (exact) mass is 658 g/mol. The topological polar surface area (TPSA) is 52.0 Å². The summed E-state index contributed by atoms with van der Waals surface area (Å²) in [7, 11) is 0. The smallest absolute Gasteiger partial charge is 0.0211 e. The fourth-order valence-electron chi connectivity index (χ4n) is 7.51. The number of rotatable bonds is 14. The van der Waals surface area contributed by atoms with Crippen LogP contribution >= 0.6 is 45.2 Å². The second-order valence-electron chi connectivity index (χ2n) is 11.3. The minimum Gasteiger partial charge on any atom is -0.325 e. The summed E-state index contributed by atoms with van der Waals surface area (Å²) in [5.74, 6) is 0. The largest absolute Gasteiger partial charge is 0.325 e. The van der Waals surface area contributed by atoms with E-state index in [4.69, 9.17) is 11.5 Å². The highest BCUT2D eigenvalue weighted by Crippen LogP contribution is 2.61. The molecule has 0 radical (unpaired) electrons. The molecule has 4 unspecified atom stereocenters. The minimum atomic E-state index is 0.0203. The third-order valence-corrected chi connectivity index (χ3v) is 10.9. The second kappa shape index (κ2) is 13.5. The summed E-state index contributed by atoms with van der Waals surface area (Å²) in [4.78, 5) is 0. The molecule has 0 aromatic heterocycles. The molecule has 2 rings (SSSR count). The van der Waals surface area contributed by atoms with Gasteiger partial charge in [0.05, 0.1) is 0 Å². The number of unbranched alkanes of at least 4 members (excludes halogenated alkanes) is 2. The molecule has 0 saturated heterocycles. The fourth-order valence-corrected chi connectivity index (χ4v) is 8.28. The van der Waals surface area contributed by atoms with E-state index < -0.39 is 0 Å². The summed E-state index contributed by atoms with van der Waals surface area (Å²) >= 11 is 5.10. The van der Waals surface area contributed by atoms with Gasteiger partial charge >= 0.3 is 0 Å². The number of hydrogen-bond donors (Lipinski definition) is 2.